The number of carbonyl (C=O) groups excluding carboxylic acids is 2. The molecule has 0 radical (unpaired) electrons. The number of ether oxygens (including phenoxy) is 1. The predicted molar refractivity (Wildman–Crippen MR) is 147 cm³/mol. The lowest BCUT2D eigenvalue weighted by molar-refractivity contribution is -0.133. The Labute approximate surface area is 219 Å². The Morgan fingerprint density at radius 1 is 0.833 bits per heavy atom. The molecule has 0 unspecified atom stereocenters. The van der Waals surface area contributed by atoms with Gasteiger partial charge in [-0.1, -0.05) is 74.7 Å². The van der Waals surface area contributed by atoms with Crippen LogP contribution >= 0.6 is 11.3 Å². The highest BCUT2D eigenvalue weighted by Gasteiger charge is 2.23. The largest absolute Gasteiger partial charge is 0.383 e. The maximum absolute atomic E-state index is 13.5. The molecule has 0 atom stereocenters. The molecule has 3 rings (SSSR count). The Morgan fingerprint density at radius 3 is 2.28 bits per heavy atom. The van der Waals surface area contributed by atoms with Gasteiger partial charge in [-0.3, -0.25) is 9.59 Å². The highest BCUT2D eigenvalue weighted by atomic mass is 32.1. The number of nitrogens with zero attached hydrogens (tertiary/aromatic N) is 2. The molecule has 0 saturated carbocycles. The van der Waals surface area contributed by atoms with Gasteiger partial charge in [0.05, 0.1) is 13.2 Å². The lowest BCUT2D eigenvalue weighted by Crippen LogP contribution is -2.43. The highest BCUT2D eigenvalue weighted by molar-refractivity contribution is 7.09. The van der Waals surface area contributed by atoms with Crippen LogP contribution in [0.3, 0.4) is 0 Å². The van der Waals surface area contributed by atoms with Gasteiger partial charge in [0.15, 0.2) is 0 Å². The second kappa shape index (κ2) is 15.2. The lowest BCUT2D eigenvalue weighted by atomic mass is 10.0. The number of unbranched alkanes of at least 4 members (excludes halogenated alkanes) is 3. The van der Waals surface area contributed by atoms with Gasteiger partial charge in [0.25, 0.3) is 5.91 Å². The number of hydrogen-bond donors (Lipinski definition) is 0. The fourth-order valence-corrected chi connectivity index (χ4v) is 4.82. The van der Waals surface area contributed by atoms with Gasteiger partial charge >= 0.3 is 0 Å². The van der Waals surface area contributed by atoms with Crippen molar-refractivity contribution in [3.63, 3.8) is 0 Å². The first-order valence-electron chi connectivity index (χ1n) is 12.8. The lowest BCUT2D eigenvalue weighted by Gasteiger charge is -2.27. The van der Waals surface area contributed by atoms with Crippen LogP contribution in [0.2, 0.25) is 0 Å². The van der Waals surface area contributed by atoms with E-state index in [0.29, 0.717) is 31.8 Å². The number of thiophene rings is 1. The molecule has 36 heavy (non-hydrogen) atoms. The van der Waals surface area contributed by atoms with E-state index in [9.17, 15) is 9.59 Å². The van der Waals surface area contributed by atoms with Crippen molar-refractivity contribution in [3.8, 4) is 0 Å². The van der Waals surface area contributed by atoms with E-state index in [2.05, 4.69) is 6.92 Å². The quantitative estimate of drug-likeness (QED) is 0.231. The van der Waals surface area contributed by atoms with Crippen LogP contribution in [-0.2, 0) is 29.0 Å². The van der Waals surface area contributed by atoms with Gasteiger partial charge in [0.1, 0.15) is 6.54 Å². The molecule has 0 N–H and O–H groups in total. The van der Waals surface area contributed by atoms with Crippen molar-refractivity contribution in [3.05, 3.63) is 93.7 Å². The summed E-state index contributed by atoms with van der Waals surface area (Å²) in [7, 11) is 1.61. The standard InChI is InChI=1S/C30H38N2O3S/c1-3-4-5-7-11-25-15-17-27(18-16-25)30(34)31(19-20-35-2)24-29(33)32(23-28-14-10-21-36-28)22-26-12-8-6-9-13-26/h6,8-10,12-18,21H,3-5,7,11,19-20,22-24H2,1-2H3. The van der Waals surface area contributed by atoms with Gasteiger partial charge in [-0.05, 0) is 47.5 Å². The van der Waals surface area contributed by atoms with Crippen LogP contribution in [0.1, 0.15) is 59.0 Å². The minimum atomic E-state index is -0.145. The number of methoxy groups -OCH3 is 1. The van der Waals surface area contributed by atoms with E-state index in [0.717, 1.165) is 23.3 Å². The molecule has 1 heterocycles. The first kappa shape index (κ1) is 27.6. The Hall–Kier alpha value is -2.96. The minimum absolute atomic E-state index is 0.0131. The molecule has 1 aromatic heterocycles. The van der Waals surface area contributed by atoms with Crippen molar-refractivity contribution in [2.24, 2.45) is 0 Å². The molecule has 6 heteroatoms. The first-order valence-corrected chi connectivity index (χ1v) is 13.7. The second-order valence-electron chi connectivity index (χ2n) is 9.04. The van der Waals surface area contributed by atoms with Crippen molar-refractivity contribution >= 4 is 23.2 Å². The Bertz CT molecular complexity index is 1040. The molecule has 0 aliphatic rings. The molecular formula is C30H38N2O3S. The zero-order valence-electron chi connectivity index (χ0n) is 21.5. The molecule has 0 aliphatic carbocycles. The van der Waals surface area contributed by atoms with Crippen molar-refractivity contribution in [2.45, 2.75) is 52.1 Å². The minimum Gasteiger partial charge on any atom is -0.383 e. The van der Waals surface area contributed by atoms with Crippen molar-refractivity contribution in [1.29, 1.82) is 0 Å². The molecule has 2 aromatic carbocycles. The molecular weight excluding hydrogens is 468 g/mol. The molecule has 0 bridgehead atoms. The third kappa shape index (κ3) is 8.92. The van der Waals surface area contributed by atoms with Crippen LogP contribution < -0.4 is 0 Å². The second-order valence-corrected chi connectivity index (χ2v) is 10.1. The summed E-state index contributed by atoms with van der Waals surface area (Å²) in [6.45, 7) is 3.97. The number of carbonyl (C=O) groups is 2. The third-order valence-electron chi connectivity index (χ3n) is 6.19. The molecule has 2 amide bonds. The predicted octanol–water partition coefficient (Wildman–Crippen LogP) is 6.19. The van der Waals surface area contributed by atoms with E-state index in [1.165, 1.54) is 24.8 Å². The number of aryl methyl sites for hydroxylation is 1. The summed E-state index contributed by atoms with van der Waals surface area (Å²) >= 11 is 1.63. The average molecular weight is 507 g/mol. The van der Waals surface area contributed by atoms with E-state index in [4.69, 9.17) is 4.74 Å². The van der Waals surface area contributed by atoms with E-state index in [1.54, 1.807) is 23.3 Å². The first-order chi connectivity index (χ1) is 17.6. The highest BCUT2D eigenvalue weighted by Crippen LogP contribution is 2.16. The molecule has 0 saturated heterocycles. The Kier molecular flexibility index (Phi) is 11.7. The maximum Gasteiger partial charge on any atom is 0.254 e. The van der Waals surface area contributed by atoms with E-state index in [-0.39, 0.29) is 18.4 Å². The number of hydrogen-bond acceptors (Lipinski definition) is 4. The maximum atomic E-state index is 13.5. The topological polar surface area (TPSA) is 49.9 Å². The fraction of sp³-hybridized carbons (Fsp3) is 0.400. The molecule has 0 aliphatic heterocycles. The molecule has 0 fully saturated rings. The summed E-state index contributed by atoms with van der Waals surface area (Å²) in [5, 5.41) is 2.02. The summed E-state index contributed by atoms with van der Waals surface area (Å²) in [6, 6.07) is 21.8. The van der Waals surface area contributed by atoms with Crippen LogP contribution in [0.15, 0.2) is 72.1 Å². The molecule has 3 aromatic rings. The van der Waals surface area contributed by atoms with Crippen molar-refractivity contribution < 1.29 is 14.3 Å². The SMILES string of the molecule is CCCCCCc1ccc(C(=O)N(CCOC)CC(=O)N(Cc2ccccc2)Cc2cccs2)cc1. The molecule has 5 nitrogen and oxygen atoms in total. The van der Waals surface area contributed by atoms with Gasteiger partial charge in [-0.25, -0.2) is 0 Å². The van der Waals surface area contributed by atoms with Gasteiger partial charge in [-0.2, -0.15) is 0 Å². The zero-order chi connectivity index (χ0) is 25.6. The van der Waals surface area contributed by atoms with Crippen LogP contribution in [0, 0.1) is 0 Å². The number of benzene rings is 2. The van der Waals surface area contributed by atoms with Gasteiger partial charge in [0.2, 0.25) is 5.91 Å². The van der Waals surface area contributed by atoms with E-state index >= 15 is 0 Å². The normalized spacial score (nSPS) is 10.8. The monoisotopic (exact) mass is 506 g/mol. The molecule has 192 valence electrons. The van der Waals surface area contributed by atoms with Gasteiger partial charge in [0, 0.05) is 30.6 Å². The average Bonchev–Trinajstić information content (AvgIpc) is 3.42. The summed E-state index contributed by atoms with van der Waals surface area (Å²) in [4.78, 5) is 31.4. The van der Waals surface area contributed by atoms with Crippen LogP contribution in [-0.4, -0.2) is 48.4 Å². The van der Waals surface area contributed by atoms with Crippen molar-refractivity contribution in [1.82, 2.24) is 9.80 Å². The zero-order valence-corrected chi connectivity index (χ0v) is 22.3. The van der Waals surface area contributed by atoms with Crippen LogP contribution in [0.4, 0.5) is 0 Å². The van der Waals surface area contributed by atoms with Gasteiger partial charge in [-0.15, -0.1) is 11.3 Å². The summed E-state index contributed by atoms with van der Waals surface area (Å²) in [5.74, 6) is -0.224. The number of amides is 2. The fourth-order valence-electron chi connectivity index (χ4n) is 4.10. The Balaban J connectivity index is 1.70. The van der Waals surface area contributed by atoms with Crippen LogP contribution in [0.25, 0.3) is 0 Å². The molecule has 0 spiro atoms. The number of rotatable bonds is 15. The summed E-state index contributed by atoms with van der Waals surface area (Å²) in [5.41, 5.74) is 2.91. The third-order valence-corrected chi connectivity index (χ3v) is 7.06. The smallest absolute Gasteiger partial charge is 0.254 e. The van der Waals surface area contributed by atoms with E-state index < -0.39 is 0 Å². The summed E-state index contributed by atoms with van der Waals surface area (Å²) in [6.07, 6.45) is 5.90. The van der Waals surface area contributed by atoms with Gasteiger partial charge < -0.3 is 14.5 Å². The van der Waals surface area contributed by atoms with E-state index in [1.807, 2.05) is 77.0 Å². The Morgan fingerprint density at radius 2 is 1.61 bits per heavy atom. The summed E-state index contributed by atoms with van der Waals surface area (Å²) < 4.78 is 5.25. The van der Waals surface area contributed by atoms with Crippen molar-refractivity contribution in [2.75, 3.05) is 26.8 Å². The van der Waals surface area contributed by atoms with Crippen LogP contribution in [0.5, 0.6) is 0 Å².